The SMILES string of the molecule is CCC(CC)n1c(O)c(-c2cccc(C)c2)c(=O)[nH]c1=O. The third-order valence-corrected chi connectivity index (χ3v) is 3.73. The van der Waals surface area contributed by atoms with Crippen LogP contribution in [0.2, 0.25) is 0 Å². The molecule has 0 aliphatic heterocycles. The second kappa shape index (κ2) is 5.99. The van der Waals surface area contributed by atoms with Gasteiger partial charge in [0, 0.05) is 6.04 Å². The largest absolute Gasteiger partial charge is 0.494 e. The molecule has 5 heteroatoms. The fourth-order valence-electron chi connectivity index (χ4n) is 2.59. The van der Waals surface area contributed by atoms with Gasteiger partial charge in [0.05, 0.1) is 0 Å². The van der Waals surface area contributed by atoms with Crippen LogP contribution < -0.4 is 11.2 Å². The number of aromatic amines is 1. The summed E-state index contributed by atoms with van der Waals surface area (Å²) in [6.07, 6.45) is 1.40. The van der Waals surface area contributed by atoms with Gasteiger partial charge in [-0.3, -0.25) is 14.3 Å². The lowest BCUT2D eigenvalue weighted by Gasteiger charge is -2.19. The molecule has 2 aromatic rings. The van der Waals surface area contributed by atoms with E-state index in [1.807, 2.05) is 39.0 Å². The molecule has 5 nitrogen and oxygen atoms in total. The molecule has 112 valence electrons. The van der Waals surface area contributed by atoms with E-state index in [1.54, 1.807) is 6.07 Å². The summed E-state index contributed by atoms with van der Waals surface area (Å²) in [5.41, 5.74) is 0.596. The van der Waals surface area contributed by atoms with Crippen LogP contribution in [-0.2, 0) is 0 Å². The lowest BCUT2D eigenvalue weighted by Crippen LogP contribution is -2.33. The Labute approximate surface area is 122 Å². The van der Waals surface area contributed by atoms with Crippen molar-refractivity contribution < 1.29 is 5.11 Å². The second-order valence-corrected chi connectivity index (χ2v) is 5.17. The number of aryl methyl sites for hydroxylation is 1. The summed E-state index contributed by atoms with van der Waals surface area (Å²) in [7, 11) is 0. The number of hydrogen-bond acceptors (Lipinski definition) is 3. The van der Waals surface area contributed by atoms with Crippen molar-refractivity contribution in [2.75, 3.05) is 0 Å². The van der Waals surface area contributed by atoms with Crippen molar-refractivity contribution in [2.45, 2.75) is 39.7 Å². The summed E-state index contributed by atoms with van der Waals surface area (Å²) in [5.74, 6) is -0.261. The van der Waals surface area contributed by atoms with Gasteiger partial charge < -0.3 is 5.11 Å². The quantitative estimate of drug-likeness (QED) is 0.908. The minimum Gasteiger partial charge on any atom is -0.494 e. The predicted molar refractivity (Wildman–Crippen MR) is 82.8 cm³/mol. The van der Waals surface area contributed by atoms with Gasteiger partial charge in [-0.1, -0.05) is 43.7 Å². The van der Waals surface area contributed by atoms with Crippen LogP contribution in [0.3, 0.4) is 0 Å². The maximum atomic E-state index is 12.1. The Morgan fingerprint density at radius 2 is 1.90 bits per heavy atom. The van der Waals surface area contributed by atoms with Gasteiger partial charge in [-0.15, -0.1) is 0 Å². The van der Waals surface area contributed by atoms with E-state index >= 15 is 0 Å². The third kappa shape index (κ3) is 2.77. The summed E-state index contributed by atoms with van der Waals surface area (Å²) >= 11 is 0. The molecule has 0 saturated heterocycles. The normalized spacial score (nSPS) is 11.0. The first-order valence-corrected chi connectivity index (χ1v) is 7.14. The molecule has 0 unspecified atom stereocenters. The van der Waals surface area contributed by atoms with Crippen molar-refractivity contribution in [3.05, 3.63) is 50.7 Å². The van der Waals surface area contributed by atoms with Crippen molar-refractivity contribution in [1.82, 2.24) is 9.55 Å². The minimum atomic E-state index is -0.567. The summed E-state index contributed by atoms with van der Waals surface area (Å²) in [6.45, 7) is 5.79. The number of H-pyrrole nitrogens is 1. The molecule has 0 fully saturated rings. The average Bonchev–Trinajstić information content (AvgIpc) is 2.43. The fourth-order valence-corrected chi connectivity index (χ4v) is 2.59. The number of benzene rings is 1. The molecule has 0 saturated carbocycles. The number of nitrogens with zero attached hydrogens (tertiary/aromatic N) is 1. The molecule has 1 aromatic heterocycles. The van der Waals surface area contributed by atoms with Crippen LogP contribution in [0.4, 0.5) is 0 Å². The zero-order valence-electron chi connectivity index (χ0n) is 12.5. The van der Waals surface area contributed by atoms with Crippen LogP contribution in [0.5, 0.6) is 5.88 Å². The Hall–Kier alpha value is -2.30. The topological polar surface area (TPSA) is 75.1 Å². The molecule has 1 heterocycles. The highest BCUT2D eigenvalue weighted by molar-refractivity contribution is 5.67. The van der Waals surface area contributed by atoms with Gasteiger partial charge in [-0.2, -0.15) is 0 Å². The average molecular weight is 288 g/mol. The van der Waals surface area contributed by atoms with Crippen LogP contribution in [0.1, 0.15) is 38.3 Å². The first kappa shape index (κ1) is 15.1. The highest BCUT2D eigenvalue weighted by atomic mass is 16.3. The molecule has 0 atom stereocenters. The Bertz CT molecular complexity index is 755. The number of hydrogen-bond donors (Lipinski definition) is 2. The highest BCUT2D eigenvalue weighted by Gasteiger charge is 2.20. The molecular weight excluding hydrogens is 268 g/mol. The maximum absolute atomic E-state index is 12.1. The Morgan fingerprint density at radius 3 is 2.48 bits per heavy atom. The number of aromatic hydroxyl groups is 1. The van der Waals surface area contributed by atoms with Crippen LogP contribution >= 0.6 is 0 Å². The molecule has 0 radical (unpaired) electrons. The van der Waals surface area contributed by atoms with Crippen molar-refractivity contribution in [3.63, 3.8) is 0 Å². The molecule has 0 aliphatic rings. The molecule has 0 spiro atoms. The fraction of sp³-hybridized carbons (Fsp3) is 0.375. The molecule has 0 aliphatic carbocycles. The third-order valence-electron chi connectivity index (χ3n) is 3.73. The van der Waals surface area contributed by atoms with Crippen LogP contribution in [0, 0.1) is 6.92 Å². The van der Waals surface area contributed by atoms with E-state index in [0.717, 1.165) is 5.56 Å². The van der Waals surface area contributed by atoms with Gasteiger partial charge >= 0.3 is 5.69 Å². The van der Waals surface area contributed by atoms with E-state index in [-0.39, 0.29) is 17.5 Å². The lowest BCUT2D eigenvalue weighted by atomic mass is 10.0. The lowest BCUT2D eigenvalue weighted by molar-refractivity contribution is 0.351. The van der Waals surface area contributed by atoms with Gasteiger partial charge in [0.2, 0.25) is 5.88 Å². The second-order valence-electron chi connectivity index (χ2n) is 5.17. The first-order valence-electron chi connectivity index (χ1n) is 7.14. The van der Waals surface area contributed by atoms with E-state index < -0.39 is 11.2 Å². The first-order chi connectivity index (χ1) is 9.99. The van der Waals surface area contributed by atoms with Gasteiger partial charge in [0.25, 0.3) is 5.56 Å². The number of rotatable bonds is 4. The molecule has 0 amide bonds. The molecular formula is C16H20N2O3. The predicted octanol–water partition coefficient (Wildman–Crippen LogP) is 2.58. The molecule has 2 N–H and O–H groups in total. The van der Waals surface area contributed by atoms with Gasteiger partial charge in [0.1, 0.15) is 5.56 Å². The van der Waals surface area contributed by atoms with Crippen molar-refractivity contribution in [1.29, 1.82) is 0 Å². The van der Waals surface area contributed by atoms with E-state index in [9.17, 15) is 14.7 Å². The minimum absolute atomic E-state index is 0.141. The van der Waals surface area contributed by atoms with E-state index in [4.69, 9.17) is 0 Å². The summed E-state index contributed by atoms with van der Waals surface area (Å²) < 4.78 is 1.28. The van der Waals surface area contributed by atoms with E-state index in [1.165, 1.54) is 4.57 Å². The summed E-state index contributed by atoms with van der Waals surface area (Å²) in [5, 5.41) is 10.5. The van der Waals surface area contributed by atoms with Crippen molar-refractivity contribution >= 4 is 0 Å². The van der Waals surface area contributed by atoms with E-state index in [2.05, 4.69) is 4.98 Å². The van der Waals surface area contributed by atoms with Crippen LogP contribution in [0.25, 0.3) is 11.1 Å². The molecule has 2 rings (SSSR count). The Kier molecular flexibility index (Phi) is 4.31. The molecule has 21 heavy (non-hydrogen) atoms. The summed E-state index contributed by atoms with van der Waals surface area (Å²) in [6, 6.07) is 7.14. The highest BCUT2D eigenvalue weighted by Crippen LogP contribution is 2.28. The monoisotopic (exact) mass is 288 g/mol. The van der Waals surface area contributed by atoms with Crippen molar-refractivity contribution in [2.24, 2.45) is 0 Å². The zero-order chi connectivity index (χ0) is 15.6. The number of nitrogens with one attached hydrogen (secondary N) is 1. The standard InChI is InChI=1S/C16H20N2O3/c1-4-12(5-2)18-15(20)13(14(19)17-16(18)21)11-8-6-7-10(3)9-11/h6-9,12,20H,4-5H2,1-3H3,(H,17,19,21). The van der Waals surface area contributed by atoms with Gasteiger partial charge in [-0.05, 0) is 25.3 Å². The smallest absolute Gasteiger partial charge is 0.331 e. The zero-order valence-corrected chi connectivity index (χ0v) is 12.5. The van der Waals surface area contributed by atoms with Gasteiger partial charge in [-0.25, -0.2) is 4.79 Å². The Balaban J connectivity index is 2.76. The Morgan fingerprint density at radius 1 is 1.24 bits per heavy atom. The number of aromatic nitrogens is 2. The van der Waals surface area contributed by atoms with Crippen molar-refractivity contribution in [3.8, 4) is 17.0 Å². The van der Waals surface area contributed by atoms with E-state index in [0.29, 0.717) is 18.4 Å². The molecule has 0 bridgehead atoms. The summed E-state index contributed by atoms with van der Waals surface area (Å²) in [4.78, 5) is 26.4. The van der Waals surface area contributed by atoms with Crippen LogP contribution in [0.15, 0.2) is 33.9 Å². The molecule has 1 aromatic carbocycles. The maximum Gasteiger partial charge on any atom is 0.331 e. The van der Waals surface area contributed by atoms with Crippen LogP contribution in [-0.4, -0.2) is 14.7 Å². The van der Waals surface area contributed by atoms with Gasteiger partial charge in [0.15, 0.2) is 0 Å².